The van der Waals surface area contributed by atoms with Crippen LogP contribution in [0.25, 0.3) is 0 Å². The summed E-state index contributed by atoms with van der Waals surface area (Å²) in [4.78, 5) is 23.9. The Kier molecular flexibility index (Phi) is 4.20. The van der Waals surface area contributed by atoms with E-state index in [1.807, 2.05) is 0 Å². The minimum atomic E-state index is -4.58. The van der Waals surface area contributed by atoms with Gasteiger partial charge in [-0.05, 0) is 18.2 Å². The molecule has 1 aromatic carbocycles. The first-order valence-corrected chi connectivity index (χ1v) is 5.90. The van der Waals surface area contributed by atoms with E-state index < -0.39 is 25.0 Å². The molecule has 2 amide bonds. The van der Waals surface area contributed by atoms with Gasteiger partial charge in [-0.2, -0.15) is 13.2 Å². The SMILES string of the molecule is O=C(Nc1cccc(N2CCOC2=O)c1)OCC(F)(F)F. The van der Waals surface area contributed by atoms with Crippen molar-refractivity contribution in [1.82, 2.24) is 0 Å². The number of benzene rings is 1. The average molecular weight is 304 g/mol. The van der Waals surface area contributed by atoms with Crippen LogP contribution in [0.4, 0.5) is 34.1 Å². The molecule has 0 radical (unpaired) electrons. The van der Waals surface area contributed by atoms with Crippen LogP contribution in [0.3, 0.4) is 0 Å². The van der Waals surface area contributed by atoms with Crippen molar-refractivity contribution in [1.29, 1.82) is 0 Å². The number of nitrogens with one attached hydrogen (secondary N) is 1. The highest BCUT2D eigenvalue weighted by atomic mass is 19.4. The molecule has 1 aliphatic rings. The summed E-state index contributed by atoms with van der Waals surface area (Å²) in [7, 11) is 0. The summed E-state index contributed by atoms with van der Waals surface area (Å²) in [6.07, 6.45) is -6.33. The van der Waals surface area contributed by atoms with Gasteiger partial charge in [0.1, 0.15) is 6.61 Å². The summed E-state index contributed by atoms with van der Waals surface area (Å²) in [5.41, 5.74) is 0.672. The number of cyclic esters (lactones) is 1. The predicted molar refractivity (Wildman–Crippen MR) is 66.2 cm³/mol. The fourth-order valence-electron chi connectivity index (χ4n) is 1.68. The Labute approximate surface area is 117 Å². The van der Waals surface area contributed by atoms with E-state index in [0.717, 1.165) is 0 Å². The third kappa shape index (κ3) is 4.26. The Balaban J connectivity index is 1.98. The van der Waals surface area contributed by atoms with Gasteiger partial charge in [-0.1, -0.05) is 6.07 Å². The first-order valence-electron chi connectivity index (χ1n) is 5.90. The summed E-state index contributed by atoms with van der Waals surface area (Å²) in [5.74, 6) is 0. The first kappa shape index (κ1) is 14.9. The molecule has 0 aromatic heterocycles. The second-order valence-corrected chi connectivity index (χ2v) is 4.13. The number of carbonyl (C=O) groups is 2. The van der Waals surface area contributed by atoms with Crippen molar-refractivity contribution in [2.45, 2.75) is 6.18 Å². The number of nitrogens with zero attached hydrogens (tertiary/aromatic N) is 1. The molecule has 0 atom stereocenters. The molecule has 1 N–H and O–H groups in total. The van der Waals surface area contributed by atoms with Crippen molar-refractivity contribution < 1.29 is 32.2 Å². The van der Waals surface area contributed by atoms with Crippen molar-refractivity contribution in [2.75, 3.05) is 30.0 Å². The zero-order valence-electron chi connectivity index (χ0n) is 10.6. The lowest BCUT2D eigenvalue weighted by Crippen LogP contribution is -2.24. The van der Waals surface area contributed by atoms with Crippen LogP contribution in [-0.4, -0.2) is 38.1 Å². The third-order valence-corrected chi connectivity index (χ3v) is 2.53. The van der Waals surface area contributed by atoms with Crippen molar-refractivity contribution in [3.63, 3.8) is 0 Å². The van der Waals surface area contributed by atoms with Gasteiger partial charge in [-0.3, -0.25) is 10.2 Å². The number of anilines is 2. The van der Waals surface area contributed by atoms with Crippen LogP contribution < -0.4 is 10.2 Å². The molecule has 1 aromatic rings. The Hall–Kier alpha value is -2.45. The number of carbonyl (C=O) groups excluding carboxylic acids is 2. The van der Waals surface area contributed by atoms with Gasteiger partial charge in [-0.15, -0.1) is 0 Å². The molecule has 6 nitrogen and oxygen atoms in total. The number of hydrogen-bond acceptors (Lipinski definition) is 4. The maximum Gasteiger partial charge on any atom is 0.422 e. The monoisotopic (exact) mass is 304 g/mol. The summed E-state index contributed by atoms with van der Waals surface area (Å²) in [5, 5.41) is 2.15. The van der Waals surface area contributed by atoms with E-state index in [1.165, 1.54) is 17.0 Å². The van der Waals surface area contributed by atoms with Gasteiger partial charge >= 0.3 is 18.4 Å². The van der Waals surface area contributed by atoms with Crippen LogP contribution in [-0.2, 0) is 9.47 Å². The highest BCUT2D eigenvalue weighted by Gasteiger charge is 2.29. The van der Waals surface area contributed by atoms with E-state index in [1.54, 1.807) is 12.1 Å². The molecule has 0 aliphatic carbocycles. The molecule has 0 bridgehead atoms. The Bertz CT molecular complexity index is 548. The highest BCUT2D eigenvalue weighted by molar-refractivity contribution is 5.91. The van der Waals surface area contributed by atoms with Gasteiger partial charge in [-0.25, -0.2) is 9.59 Å². The molecule has 1 fully saturated rings. The van der Waals surface area contributed by atoms with E-state index >= 15 is 0 Å². The molecule has 1 saturated heterocycles. The number of rotatable bonds is 3. The average Bonchev–Trinajstić information content (AvgIpc) is 2.82. The molecule has 0 spiro atoms. The normalized spacial score (nSPS) is 14.8. The standard InChI is InChI=1S/C12H11F3N2O4/c13-12(14,15)7-21-10(18)16-8-2-1-3-9(6-8)17-4-5-20-11(17)19/h1-3,6H,4-5,7H2,(H,16,18). The van der Waals surface area contributed by atoms with Crippen LogP contribution in [0.1, 0.15) is 0 Å². The first-order chi connectivity index (χ1) is 9.85. The fraction of sp³-hybridized carbons (Fsp3) is 0.333. The van der Waals surface area contributed by atoms with Crippen LogP contribution in [0, 0.1) is 0 Å². The molecule has 1 heterocycles. The van der Waals surface area contributed by atoms with Crippen LogP contribution in [0.15, 0.2) is 24.3 Å². The number of halogens is 3. The molecule has 0 saturated carbocycles. The lowest BCUT2D eigenvalue weighted by Gasteiger charge is -2.14. The van der Waals surface area contributed by atoms with Gasteiger partial charge < -0.3 is 9.47 Å². The van der Waals surface area contributed by atoms with E-state index in [4.69, 9.17) is 4.74 Å². The van der Waals surface area contributed by atoms with Crippen LogP contribution in [0.2, 0.25) is 0 Å². The van der Waals surface area contributed by atoms with E-state index in [0.29, 0.717) is 12.2 Å². The Morgan fingerprint density at radius 1 is 1.43 bits per heavy atom. The van der Waals surface area contributed by atoms with E-state index in [9.17, 15) is 22.8 Å². The van der Waals surface area contributed by atoms with Crippen molar-refractivity contribution >= 4 is 23.6 Å². The molecule has 9 heteroatoms. The van der Waals surface area contributed by atoms with Gasteiger partial charge in [0, 0.05) is 11.4 Å². The quantitative estimate of drug-likeness (QED) is 0.932. The van der Waals surface area contributed by atoms with Crippen molar-refractivity contribution in [3.05, 3.63) is 24.3 Å². The molecular weight excluding hydrogens is 293 g/mol. The molecule has 2 rings (SSSR count). The Morgan fingerprint density at radius 3 is 2.81 bits per heavy atom. The van der Waals surface area contributed by atoms with Crippen LogP contribution >= 0.6 is 0 Å². The number of ether oxygens (including phenoxy) is 2. The number of alkyl halides is 3. The minimum absolute atomic E-state index is 0.208. The molecule has 21 heavy (non-hydrogen) atoms. The molecular formula is C12H11F3N2O4. The summed E-state index contributed by atoms with van der Waals surface area (Å²) in [6, 6.07) is 6.04. The third-order valence-electron chi connectivity index (χ3n) is 2.53. The summed E-state index contributed by atoms with van der Waals surface area (Å²) in [6.45, 7) is -1.05. The second-order valence-electron chi connectivity index (χ2n) is 4.13. The lowest BCUT2D eigenvalue weighted by atomic mass is 10.2. The zero-order chi connectivity index (χ0) is 15.5. The number of hydrogen-bond donors (Lipinski definition) is 1. The lowest BCUT2D eigenvalue weighted by molar-refractivity contribution is -0.159. The van der Waals surface area contributed by atoms with Crippen molar-refractivity contribution in [2.24, 2.45) is 0 Å². The fourth-order valence-corrected chi connectivity index (χ4v) is 1.68. The minimum Gasteiger partial charge on any atom is -0.447 e. The molecule has 0 unspecified atom stereocenters. The molecule has 1 aliphatic heterocycles. The van der Waals surface area contributed by atoms with Gasteiger partial charge in [0.25, 0.3) is 0 Å². The number of amides is 2. The van der Waals surface area contributed by atoms with Gasteiger partial charge in [0.2, 0.25) is 0 Å². The highest BCUT2D eigenvalue weighted by Crippen LogP contribution is 2.22. The summed E-state index contributed by atoms with van der Waals surface area (Å²) < 4.78 is 44.5. The Morgan fingerprint density at radius 2 is 2.19 bits per heavy atom. The maximum absolute atomic E-state index is 11.9. The topological polar surface area (TPSA) is 67.9 Å². The van der Waals surface area contributed by atoms with Gasteiger partial charge in [0.15, 0.2) is 6.61 Å². The van der Waals surface area contributed by atoms with Crippen LogP contribution in [0.5, 0.6) is 0 Å². The summed E-state index contributed by atoms with van der Waals surface area (Å²) >= 11 is 0. The predicted octanol–water partition coefficient (Wildman–Crippen LogP) is 2.75. The maximum atomic E-state index is 11.9. The molecule has 114 valence electrons. The smallest absolute Gasteiger partial charge is 0.422 e. The van der Waals surface area contributed by atoms with Gasteiger partial charge in [0.05, 0.1) is 6.54 Å². The largest absolute Gasteiger partial charge is 0.447 e. The zero-order valence-corrected chi connectivity index (χ0v) is 10.6. The van der Waals surface area contributed by atoms with E-state index in [2.05, 4.69) is 10.1 Å². The van der Waals surface area contributed by atoms with E-state index in [-0.39, 0.29) is 12.3 Å². The van der Waals surface area contributed by atoms with Crippen molar-refractivity contribution in [3.8, 4) is 0 Å². The second kappa shape index (κ2) is 5.90.